The molecule has 1 amide bonds. The molecule has 1 N–H and O–H groups in total. The van der Waals surface area contributed by atoms with Gasteiger partial charge in [0.1, 0.15) is 5.75 Å². The molecular formula is C16H16ClNO2S. The molecular weight excluding hydrogens is 306 g/mol. The van der Waals surface area contributed by atoms with Gasteiger partial charge in [0.05, 0.1) is 12.7 Å². The molecule has 0 aliphatic rings. The van der Waals surface area contributed by atoms with Gasteiger partial charge in [0.2, 0.25) is 0 Å². The molecule has 0 unspecified atom stereocenters. The fraction of sp³-hybridized carbons (Fsp3) is 0.188. The van der Waals surface area contributed by atoms with Crippen molar-refractivity contribution in [3.63, 3.8) is 0 Å². The molecule has 0 saturated carbocycles. The molecule has 0 aromatic heterocycles. The second kappa shape index (κ2) is 6.87. The van der Waals surface area contributed by atoms with Crippen LogP contribution in [0.25, 0.3) is 0 Å². The average Bonchev–Trinajstić information content (AvgIpc) is 2.49. The number of ether oxygens (including phenoxy) is 1. The van der Waals surface area contributed by atoms with E-state index in [1.54, 1.807) is 37.1 Å². The highest BCUT2D eigenvalue weighted by atomic mass is 35.5. The van der Waals surface area contributed by atoms with Gasteiger partial charge in [0.25, 0.3) is 5.91 Å². The summed E-state index contributed by atoms with van der Waals surface area (Å²) >= 11 is 7.52. The first-order valence-corrected chi connectivity index (χ1v) is 7.95. The maximum Gasteiger partial charge on any atom is 0.259 e. The molecule has 0 saturated heterocycles. The van der Waals surface area contributed by atoms with E-state index in [-0.39, 0.29) is 5.91 Å². The van der Waals surface area contributed by atoms with Crippen molar-refractivity contribution in [1.29, 1.82) is 0 Å². The van der Waals surface area contributed by atoms with Gasteiger partial charge in [-0.25, -0.2) is 0 Å². The molecule has 0 heterocycles. The van der Waals surface area contributed by atoms with Crippen LogP contribution >= 0.6 is 23.4 Å². The van der Waals surface area contributed by atoms with Crippen LogP contribution in [0.3, 0.4) is 0 Å². The van der Waals surface area contributed by atoms with E-state index >= 15 is 0 Å². The number of benzene rings is 2. The lowest BCUT2D eigenvalue weighted by molar-refractivity contribution is 0.102. The molecule has 0 bridgehead atoms. The molecule has 2 aromatic carbocycles. The molecule has 0 fully saturated rings. The third-order valence-corrected chi connectivity index (χ3v) is 4.05. The van der Waals surface area contributed by atoms with Crippen LogP contribution in [0.1, 0.15) is 15.9 Å². The van der Waals surface area contributed by atoms with Crippen molar-refractivity contribution < 1.29 is 9.53 Å². The normalized spacial score (nSPS) is 10.3. The number of carbonyl (C=O) groups excluding carboxylic acids is 1. The average molecular weight is 322 g/mol. The second-order valence-corrected chi connectivity index (χ2v) is 5.80. The van der Waals surface area contributed by atoms with E-state index < -0.39 is 0 Å². The summed E-state index contributed by atoms with van der Waals surface area (Å²) in [6, 6.07) is 10.9. The van der Waals surface area contributed by atoms with Crippen LogP contribution < -0.4 is 10.1 Å². The van der Waals surface area contributed by atoms with Crippen molar-refractivity contribution in [2.24, 2.45) is 0 Å². The third-order valence-electron chi connectivity index (χ3n) is 3.09. The molecule has 5 heteroatoms. The standard InChI is InChI=1S/C16H16ClNO2S/c1-10-8-11(17)4-7-14(10)18-16(19)13-6-5-12(21-3)9-15(13)20-2/h4-9H,1-3H3,(H,18,19). The zero-order valence-corrected chi connectivity index (χ0v) is 13.6. The molecule has 0 atom stereocenters. The fourth-order valence-electron chi connectivity index (χ4n) is 1.94. The quantitative estimate of drug-likeness (QED) is 0.834. The number of rotatable bonds is 4. The SMILES string of the molecule is COc1cc(SC)ccc1C(=O)Nc1ccc(Cl)cc1C. The van der Waals surface area contributed by atoms with Crippen molar-refractivity contribution in [2.75, 3.05) is 18.7 Å². The number of hydrogen-bond acceptors (Lipinski definition) is 3. The molecule has 0 radical (unpaired) electrons. The molecule has 2 rings (SSSR count). The number of amides is 1. The van der Waals surface area contributed by atoms with Gasteiger partial charge < -0.3 is 10.1 Å². The van der Waals surface area contributed by atoms with Gasteiger partial charge in [-0.2, -0.15) is 0 Å². The molecule has 3 nitrogen and oxygen atoms in total. The first-order valence-electron chi connectivity index (χ1n) is 6.34. The third kappa shape index (κ3) is 3.71. The zero-order chi connectivity index (χ0) is 15.4. The number of aryl methyl sites for hydroxylation is 1. The van der Waals surface area contributed by atoms with Crippen LogP contribution in [0.15, 0.2) is 41.3 Å². The number of methoxy groups -OCH3 is 1. The Morgan fingerprint density at radius 2 is 2.00 bits per heavy atom. The van der Waals surface area contributed by atoms with Crippen molar-refractivity contribution >= 4 is 35.0 Å². The highest BCUT2D eigenvalue weighted by molar-refractivity contribution is 7.98. The van der Waals surface area contributed by atoms with E-state index in [0.717, 1.165) is 16.1 Å². The maximum absolute atomic E-state index is 12.4. The van der Waals surface area contributed by atoms with Gasteiger partial charge >= 0.3 is 0 Å². The Labute approximate surface area is 133 Å². The summed E-state index contributed by atoms with van der Waals surface area (Å²) in [6.45, 7) is 1.90. The predicted octanol–water partition coefficient (Wildman–Crippen LogP) is 4.63. The molecule has 0 aliphatic carbocycles. The second-order valence-electron chi connectivity index (χ2n) is 4.48. The summed E-state index contributed by atoms with van der Waals surface area (Å²) in [6.07, 6.45) is 1.98. The lowest BCUT2D eigenvalue weighted by Crippen LogP contribution is -2.14. The summed E-state index contributed by atoms with van der Waals surface area (Å²) in [7, 11) is 1.56. The summed E-state index contributed by atoms with van der Waals surface area (Å²) in [5.41, 5.74) is 2.15. The topological polar surface area (TPSA) is 38.3 Å². The largest absolute Gasteiger partial charge is 0.496 e. The van der Waals surface area contributed by atoms with Crippen LogP contribution in [0, 0.1) is 6.92 Å². The van der Waals surface area contributed by atoms with E-state index in [9.17, 15) is 4.79 Å². The Hall–Kier alpha value is -1.65. The summed E-state index contributed by atoms with van der Waals surface area (Å²) in [4.78, 5) is 13.4. The summed E-state index contributed by atoms with van der Waals surface area (Å²) in [5, 5.41) is 3.53. The molecule has 2 aromatic rings. The molecule has 21 heavy (non-hydrogen) atoms. The summed E-state index contributed by atoms with van der Waals surface area (Å²) in [5.74, 6) is 0.357. The lowest BCUT2D eigenvalue weighted by Gasteiger charge is -2.12. The minimum absolute atomic E-state index is 0.204. The first-order chi connectivity index (χ1) is 10.0. The van der Waals surface area contributed by atoms with Gasteiger partial charge in [0, 0.05) is 15.6 Å². The van der Waals surface area contributed by atoms with Gasteiger partial charge in [-0.1, -0.05) is 11.6 Å². The number of carbonyl (C=O) groups is 1. The van der Waals surface area contributed by atoms with E-state index in [1.807, 2.05) is 31.4 Å². The van der Waals surface area contributed by atoms with Gasteiger partial charge in [-0.15, -0.1) is 11.8 Å². The molecule has 0 aliphatic heterocycles. The van der Waals surface area contributed by atoms with Gasteiger partial charge in [0.15, 0.2) is 0 Å². The number of anilines is 1. The number of halogens is 1. The van der Waals surface area contributed by atoms with Crippen LogP contribution in [-0.4, -0.2) is 19.3 Å². The molecule has 0 spiro atoms. The first kappa shape index (κ1) is 15.7. The van der Waals surface area contributed by atoms with Crippen LogP contribution in [-0.2, 0) is 0 Å². The van der Waals surface area contributed by atoms with Crippen molar-refractivity contribution in [3.8, 4) is 5.75 Å². The molecule has 110 valence electrons. The Balaban J connectivity index is 2.28. The van der Waals surface area contributed by atoms with Crippen LogP contribution in [0.5, 0.6) is 5.75 Å². The Bertz CT molecular complexity index is 673. The smallest absolute Gasteiger partial charge is 0.259 e. The van der Waals surface area contributed by atoms with E-state index in [0.29, 0.717) is 16.3 Å². The van der Waals surface area contributed by atoms with Crippen molar-refractivity contribution in [3.05, 3.63) is 52.5 Å². The van der Waals surface area contributed by atoms with Gasteiger partial charge in [-0.05, 0) is 55.1 Å². The van der Waals surface area contributed by atoms with Crippen molar-refractivity contribution in [1.82, 2.24) is 0 Å². The Kier molecular flexibility index (Phi) is 5.15. The van der Waals surface area contributed by atoms with Crippen molar-refractivity contribution in [2.45, 2.75) is 11.8 Å². The van der Waals surface area contributed by atoms with E-state index in [4.69, 9.17) is 16.3 Å². The summed E-state index contributed by atoms with van der Waals surface area (Å²) < 4.78 is 5.30. The van der Waals surface area contributed by atoms with Crippen LogP contribution in [0.2, 0.25) is 5.02 Å². The van der Waals surface area contributed by atoms with E-state index in [2.05, 4.69) is 5.32 Å². The lowest BCUT2D eigenvalue weighted by atomic mass is 10.1. The minimum atomic E-state index is -0.204. The van der Waals surface area contributed by atoms with Gasteiger partial charge in [-0.3, -0.25) is 4.79 Å². The van der Waals surface area contributed by atoms with Crippen LogP contribution in [0.4, 0.5) is 5.69 Å². The Morgan fingerprint density at radius 1 is 1.24 bits per heavy atom. The zero-order valence-electron chi connectivity index (χ0n) is 12.1. The Morgan fingerprint density at radius 3 is 2.62 bits per heavy atom. The number of hydrogen-bond donors (Lipinski definition) is 1. The highest BCUT2D eigenvalue weighted by Crippen LogP contribution is 2.27. The highest BCUT2D eigenvalue weighted by Gasteiger charge is 2.14. The number of nitrogens with one attached hydrogen (secondary N) is 1. The fourth-order valence-corrected chi connectivity index (χ4v) is 2.60. The number of thioether (sulfide) groups is 1. The maximum atomic E-state index is 12.4. The van der Waals surface area contributed by atoms with E-state index in [1.165, 1.54) is 0 Å². The minimum Gasteiger partial charge on any atom is -0.496 e. The monoisotopic (exact) mass is 321 g/mol. The predicted molar refractivity (Wildman–Crippen MR) is 88.9 cm³/mol.